The smallest absolute Gasteiger partial charge is 0.166 e. The molecule has 0 aliphatic rings. The van der Waals surface area contributed by atoms with E-state index in [0.717, 1.165) is 34.4 Å². The Labute approximate surface area is 225 Å². The van der Waals surface area contributed by atoms with Crippen molar-refractivity contribution in [1.29, 1.82) is 0 Å². The lowest BCUT2D eigenvalue weighted by atomic mass is 9.97. The first kappa shape index (κ1) is 23.2. The normalized spacial score (nSPS) is 12.1. The Kier molecular flexibility index (Phi) is 5.39. The van der Waals surface area contributed by atoms with Crippen molar-refractivity contribution in [3.05, 3.63) is 121 Å². The van der Waals surface area contributed by atoms with Gasteiger partial charge in [0.05, 0.1) is 15.0 Å². The molecule has 0 saturated heterocycles. The fraction of sp³-hybridized carbons (Fsp3) is 0.0303. The molecule has 0 N–H and O–H groups in total. The molecule has 5 heteroatoms. The highest BCUT2D eigenvalue weighted by atomic mass is 32.1. The van der Waals surface area contributed by atoms with E-state index in [4.69, 9.17) is 0 Å². The molecular weight excluding hydrogens is 517 g/mol. The third-order valence-electron chi connectivity index (χ3n) is 6.97. The Hall–Kier alpha value is -3.93. The van der Waals surface area contributed by atoms with Crippen LogP contribution >= 0.6 is 22.7 Å². The molecule has 2 heterocycles. The molecule has 0 radical (unpaired) electrons. The van der Waals surface area contributed by atoms with Crippen molar-refractivity contribution in [2.45, 2.75) is 6.18 Å². The molecule has 0 amide bonds. The molecule has 7 rings (SSSR count). The summed E-state index contributed by atoms with van der Waals surface area (Å²) in [6.07, 6.45) is -4.32. The van der Waals surface area contributed by atoms with Gasteiger partial charge >= 0.3 is 6.18 Å². The van der Waals surface area contributed by atoms with Crippen molar-refractivity contribution in [1.82, 2.24) is 0 Å². The minimum Gasteiger partial charge on any atom is -0.166 e. The second kappa shape index (κ2) is 8.83. The number of fused-ring (bicyclic) bond motifs is 5. The summed E-state index contributed by atoms with van der Waals surface area (Å²) in [5.41, 5.74) is 5.53. The molecule has 0 bridgehead atoms. The second-order valence-electron chi connectivity index (χ2n) is 9.30. The minimum absolute atomic E-state index is 0.635. The van der Waals surface area contributed by atoms with Gasteiger partial charge in [0.1, 0.15) is 0 Å². The summed E-state index contributed by atoms with van der Waals surface area (Å²) in [7, 11) is 0. The van der Waals surface area contributed by atoms with Gasteiger partial charge in [-0.25, -0.2) is 0 Å². The van der Waals surface area contributed by atoms with Crippen LogP contribution in [-0.4, -0.2) is 0 Å². The number of thiophene rings is 2. The van der Waals surface area contributed by atoms with Gasteiger partial charge in [-0.15, -0.1) is 22.7 Å². The molecule has 7 aromatic rings. The van der Waals surface area contributed by atoms with Crippen LogP contribution in [0.2, 0.25) is 0 Å². The first-order valence-electron chi connectivity index (χ1n) is 12.2. The first-order valence-corrected chi connectivity index (χ1v) is 13.8. The van der Waals surface area contributed by atoms with E-state index in [2.05, 4.69) is 66.7 Å². The Morgan fingerprint density at radius 2 is 0.842 bits per heavy atom. The Balaban J connectivity index is 1.15. The zero-order valence-electron chi connectivity index (χ0n) is 19.9. The van der Waals surface area contributed by atoms with E-state index in [9.17, 15) is 13.2 Å². The highest BCUT2D eigenvalue weighted by molar-refractivity contribution is 7.36. The summed E-state index contributed by atoms with van der Waals surface area (Å²) in [5.74, 6) is 0. The standard InChI is InChI=1S/C33H19F3S2/c34-33(35,36)26-16-13-23(14-17-26)22-7-5-20(6-8-22)21-9-11-24(12-10-21)25-15-18-28-30(19-25)38-31-27-3-1-2-4-29(27)37-32(28)31/h1-19H. The molecule has 38 heavy (non-hydrogen) atoms. The van der Waals surface area contributed by atoms with Gasteiger partial charge < -0.3 is 0 Å². The molecule has 0 saturated carbocycles. The topological polar surface area (TPSA) is 0 Å². The fourth-order valence-electron chi connectivity index (χ4n) is 4.95. The van der Waals surface area contributed by atoms with Gasteiger partial charge in [-0.1, -0.05) is 91.0 Å². The predicted molar refractivity (Wildman–Crippen MR) is 156 cm³/mol. The van der Waals surface area contributed by atoms with Crippen LogP contribution in [-0.2, 0) is 6.18 Å². The molecule has 0 aliphatic carbocycles. The lowest BCUT2D eigenvalue weighted by Gasteiger charge is -2.09. The first-order chi connectivity index (χ1) is 18.4. The van der Waals surface area contributed by atoms with Crippen molar-refractivity contribution >= 4 is 52.2 Å². The van der Waals surface area contributed by atoms with E-state index < -0.39 is 11.7 Å². The fourth-order valence-corrected chi connectivity index (χ4v) is 7.64. The molecule has 0 unspecified atom stereocenters. The number of hydrogen-bond acceptors (Lipinski definition) is 2. The van der Waals surface area contributed by atoms with Crippen LogP contribution in [0.5, 0.6) is 0 Å². The van der Waals surface area contributed by atoms with Gasteiger partial charge in [-0.2, -0.15) is 13.2 Å². The van der Waals surface area contributed by atoms with Gasteiger partial charge in [-0.05, 0) is 57.6 Å². The van der Waals surface area contributed by atoms with E-state index in [1.807, 2.05) is 46.9 Å². The van der Waals surface area contributed by atoms with Crippen LogP contribution in [0.15, 0.2) is 115 Å². The number of benzene rings is 5. The maximum atomic E-state index is 12.9. The number of hydrogen-bond donors (Lipinski definition) is 0. The average molecular weight is 537 g/mol. The van der Waals surface area contributed by atoms with Crippen molar-refractivity contribution in [2.75, 3.05) is 0 Å². The van der Waals surface area contributed by atoms with Gasteiger partial charge in [0.2, 0.25) is 0 Å². The lowest BCUT2D eigenvalue weighted by Crippen LogP contribution is -2.03. The molecule has 5 aromatic carbocycles. The summed E-state index contributed by atoms with van der Waals surface area (Å²) in [6, 6.07) is 37.1. The van der Waals surface area contributed by atoms with Gasteiger partial charge in [-0.3, -0.25) is 0 Å². The molecule has 0 atom stereocenters. The van der Waals surface area contributed by atoms with E-state index >= 15 is 0 Å². The number of rotatable bonds is 3. The molecular formula is C33H19F3S2. The number of halogens is 3. The van der Waals surface area contributed by atoms with Crippen LogP contribution in [0.1, 0.15) is 5.56 Å². The van der Waals surface area contributed by atoms with Crippen molar-refractivity contribution in [2.24, 2.45) is 0 Å². The lowest BCUT2D eigenvalue weighted by molar-refractivity contribution is -0.137. The van der Waals surface area contributed by atoms with Crippen molar-refractivity contribution in [3.8, 4) is 33.4 Å². The summed E-state index contributed by atoms with van der Waals surface area (Å²) in [5, 5.41) is 2.66. The van der Waals surface area contributed by atoms with Crippen LogP contribution in [0, 0.1) is 0 Å². The van der Waals surface area contributed by atoms with Crippen molar-refractivity contribution < 1.29 is 13.2 Å². The Morgan fingerprint density at radius 1 is 0.421 bits per heavy atom. The second-order valence-corrected chi connectivity index (χ2v) is 11.4. The Bertz CT molecular complexity index is 1920. The molecule has 184 valence electrons. The van der Waals surface area contributed by atoms with E-state index in [-0.39, 0.29) is 0 Å². The molecule has 2 aromatic heterocycles. The maximum Gasteiger partial charge on any atom is 0.416 e. The van der Waals surface area contributed by atoms with Crippen molar-refractivity contribution in [3.63, 3.8) is 0 Å². The third kappa shape index (κ3) is 3.99. The zero-order valence-corrected chi connectivity index (χ0v) is 21.6. The largest absolute Gasteiger partial charge is 0.416 e. The van der Waals surface area contributed by atoms with E-state index in [0.29, 0.717) is 0 Å². The quantitative estimate of drug-likeness (QED) is 0.211. The summed E-state index contributed by atoms with van der Waals surface area (Å²) in [6.45, 7) is 0. The SMILES string of the molecule is FC(F)(F)c1ccc(-c2ccc(-c3ccc(-c4ccc5c(c4)sc4c6ccccc6sc54)cc3)cc2)cc1. The van der Waals surface area contributed by atoms with E-state index in [1.54, 1.807) is 0 Å². The molecule has 0 aliphatic heterocycles. The zero-order chi connectivity index (χ0) is 25.9. The summed E-state index contributed by atoms with van der Waals surface area (Å²) < 4.78 is 43.9. The Morgan fingerprint density at radius 3 is 1.39 bits per heavy atom. The van der Waals surface area contributed by atoms with Crippen LogP contribution < -0.4 is 0 Å². The van der Waals surface area contributed by atoms with Gasteiger partial charge in [0.25, 0.3) is 0 Å². The monoisotopic (exact) mass is 536 g/mol. The highest BCUT2D eigenvalue weighted by Crippen LogP contribution is 2.45. The van der Waals surface area contributed by atoms with Crippen LogP contribution in [0.3, 0.4) is 0 Å². The van der Waals surface area contributed by atoms with Crippen LogP contribution in [0.25, 0.3) is 63.0 Å². The molecule has 0 spiro atoms. The summed E-state index contributed by atoms with van der Waals surface area (Å²) >= 11 is 3.73. The average Bonchev–Trinajstić information content (AvgIpc) is 3.49. The van der Waals surface area contributed by atoms with E-state index in [1.165, 1.54) is 52.8 Å². The molecule has 0 nitrogen and oxygen atoms in total. The van der Waals surface area contributed by atoms with Crippen LogP contribution in [0.4, 0.5) is 13.2 Å². The van der Waals surface area contributed by atoms with Gasteiger partial charge in [0.15, 0.2) is 0 Å². The highest BCUT2D eigenvalue weighted by Gasteiger charge is 2.29. The number of alkyl halides is 3. The predicted octanol–water partition coefficient (Wildman–Crippen LogP) is 11.3. The minimum atomic E-state index is -4.32. The maximum absolute atomic E-state index is 12.9. The third-order valence-corrected chi connectivity index (χ3v) is 9.49. The summed E-state index contributed by atoms with van der Waals surface area (Å²) in [4.78, 5) is 0. The van der Waals surface area contributed by atoms with Gasteiger partial charge in [0, 0.05) is 20.2 Å². The molecule has 0 fully saturated rings.